The summed E-state index contributed by atoms with van der Waals surface area (Å²) in [6.07, 6.45) is 10.0. The molecule has 0 heterocycles. The fourth-order valence-corrected chi connectivity index (χ4v) is 10.5. The van der Waals surface area contributed by atoms with Gasteiger partial charge in [0.2, 0.25) is 8.32 Å². The van der Waals surface area contributed by atoms with Crippen LogP contribution in [0.2, 0.25) is 15.1 Å². The van der Waals surface area contributed by atoms with Crippen LogP contribution in [0.15, 0.2) is 18.2 Å². The molecule has 0 fully saturated rings. The smallest absolute Gasteiger partial charge is 0.204 e. The van der Waals surface area contributed by atoms with Gasteiger partial charge in [0.05, 0.1) is 0 Å². The standard InChI is InChI=1S/C12H28OSi.C5H5.Ti/c1-10(2,3)14(13,11(4,5)6)12(7,8)9;1-2-4-5-3-1;/h13H,1-9H3;1-3H,4H2;/q;-1;. The van der Waals surface area contributed by atoms with Gasteiger partial charge in [0.25, 0.3) is 0 Å². The molecule has 0 aromatic carbocycles. The zero-order valence-electron chi connectivity index (χ0n) is 14.9. The summed E-state index contributed by atoms with van der Waals surface area (Å²) in [5.74, 6) is 0. The molecule has 0 radical (unpaired) electrons. The van der Waals surface area contributed by atoms with Crippen LogP contribution in [0.25, 0.3) is 0 Å². The Balaban J connectivity index is 0. The Morgan fingerprint density at radius 2 is 1.20 bits per heavy atom. The number of rotatable bonds is 0. The predicted molar refractivity (Wildman–Crippen MR) is 88.7 cm³/mol. The summed E-state index contributed by atoms with van der Waals surface area (Å²) < 4.78 is 0. The fraction of sp³-hybridized carbons (Fsp3) is 0.765. The topological polar surface area (TPSA) is 20.2 Å². The average molecular weight is 329 g/mol. The molecule has 116 valence electrons. The SMILES string of the molecule is CC(C)(C)[Si](O)(C(C)(C)C)C(C)(C)C.[C-]1=CC=CC1.[Ti]. The van der Waals surface area contributed by atoms with Crippen LogP contribution < -0.4 is 0 Å². The molecule has 0 aromatic heterocycles. The Labute approximate surface area is 143 Å². The minimum atomic E-state index is -2.35. The van der Waals surface area contributed by atoms with Crippen molar-refractivity contribution in [2.24, 2.45) is 0 Å². The van der Waals surface area contributed by atoms with Crippen molar-refractivity contribution in [1.29, 1.82) is 0 Å². The van der Waals surface area contributed by atoms with E-state index in [1.54, 1.807) is 0 Å². The molecule has 20 heavy (non-hydrogen) atoms. The third kappa shape index (κ3) is 5.29. The third-order valence-electron chi connectivity index (χ3n) is 3.84. The van der Waals surface area contributed by atoms with Gasteiger partial charge in [0.1, 0.15) is 0 Å². The molecule has 0 aliphatic heterocycles. The molecule has 1 N–H and O–H groups in total. The van der Waals surface area contributed by atoms with E-state index < -0.39 is 8.32 Å². The first-order valence-electron chi connectivity index (χ1n) is 7.19. The zero-order valence-corrected chi connectivity index (χ0v) is 17.4. The van der Waals surface area contributed by atoms with Crippen molar-refractivity contribution in [2.75, 3.05) is 0 Å². The second kappa shape index (κ2) is 7.58. The first-order chi connectivity index (χ1) is 8.25. The summed E-state index contributed by atoms with van der Waals surface area (Å²) in [6, 6.07) is 0. The van der Waals surface area contributed by atoms with Crippen molar-refractivity contribution >= 4 is 8.32 Å². The molecule has 0 unspecified atom stereocenters. The van der Waals surface area contributed by atoms with Crippen molar-refractivity contribution in [3.05, 3.63) is 24.3 Å². The first-order valence-corrected chi connectivity index (χ1v) is 9.14. The Kier molecular flexibility index (Phi) is 8.58. The van der Waals surface area contributed by atoms with Crippen LogP contribution in [-0.2, 0) is 21.7 Å². The Bertz CT molecular complexity index is 291. The predicted octanol–water partition coefficient (Wildman–Crippen LogP) is 5.63. The molecule has 0 bridgehead atoms. The van der Waals surface area contributed by atoms with Gasteiger partial charge in [0, 0.05) is 21.7 Å². The van der Waals surface area contributed by atoms with E-state index in [9.17, 15) is 4.80 Å². The molecule has 0 spiro atoms. The molecule has 0 amide bonds. The van der Waals surface area contributed by atoms with Crippen molar-refractivity contribution in [1.82, 2.24) is 0 Å². The van der Waals surface area contributed by atoms with Gasteiger partial charge in [-0.1, -0.05) is 62.3 Å². The van der Waals surface area contributed by atoms with Gasteiger partial charge >= 0.3 is 0 Å². The van der Waals surface area contributed by atoms with Crippen LogP contribution >= 0.6 is 0 Å². The van der Waals surface area contributed by atoms with E-state index in [-0.39, 0.29) is 36.8 Å². The van der Waals surface area contributed by atoms with Crippen molar-refractivity contribution in [2.45, 2.75) is 83.8 Å². The zero-order chi connectivity index (χ0) is 15.5. The maximum Gasteiger partial charge on any atom is 0.204 e. The minimum absolute atomic E-state index is 0. The largest absolute Gasteiger partial charge is 0.430 e. The van der Waals surface area contributed by atoms with E-state index in [4.69, 9.17) is 0 Å². The average Bonchev–Trinajstić information content (AvgIpc) is 2.68. The van der Waals surface area contributed by atoms with Crippen molar-refractivity contribution in [3.8, 4) is 0 Å². The molecule has 1 nitrogen and oxygen atoms in total. The maximum absolute atomic E-state index is 11.2. The molecule has 0 atom stereocenters. The van der Waals surface area contributed by atoms with E-state index in [1.807, 2.05) is 12.2 Å². The Morgan fingerprint density at radius 1 is 0.850 bits per heavy atom. The van der Waals surface area contributed by atoms with Crippen molar-refractivity contribution < 1.29 is 26.5 Å². The van der Waals surface area contributed by atoms with Crippen LogP contribution in [0.1, 0.15) is 68.7 Å². The van der Waals surface area contributed by atoms with Gasteiger partial charge in [-0.3, -0.25) is 6.08 Å². The monoisotopic (exact) mass is 329 g/mol. The summed E-state index contributed by atoms with van der Waals surface area (Å²) in [5, 5.41) is 0.0521. The fourth-order valence-electron chi connectivity index (χ4n) is 3.72. The van der Waals surface area contributed by atoms with Gasteiger partial charge in [0.15, 0.2) is 0 Å². The van der Waals surface area contributed by atoms with Gasteiger partial charge in [-0.25, -0.2) is 12.2 Å². The molecule has 1 aliphatic carbocycles. The normalized spacial score (nSPS) is 15.5. The van der Waals surface area contributed by atoms with Gasteiger partial charge in [-0.2, -0.15) is 6.08 Å². The number of hydrogen-bond donors (Lipinski definition) is 1. The van der Waals surface area contributed by atoms with Crippen LogP contribution in [0.5, 0.6) is 0 Å². The second-order valence-electron chi connectivity index (χ2n) is 8.46. The van der Waals surface area contributed by atoms with E-state index in [2.05, 4.69) is 74.5 Å². The molecule has 1 aliphatic rings. The minimum Gasteiger partial charge on any atom is -0.430 e. The van der Waals surface area contributed by atoms with Gasteiger partial charge < -0.3 is 4.80 Å². The molecule has 0 saturated heterocycles. The summed E-state index contributed by atoms with van der Waals surface area (Å²) in [7, 11) is -2.35. The van der Waals surface area contributed by atoms with Crippen LogP contribution in [0.3, 0.4) is 0 Å². The van der Waals surface area contributed by atoms with E-state index in [0.29, 0.717) is 0 Å². The first kappa shape index (κ1) is 22.6. The number of allylic oxidation sites excluding steroid dienone is 4. The van der Waals surface area contributed by atoms with Crippen LogP contribution in [0.4, 0.5) is 0 Å². The molecular weight excluding hydrogens is 296 g/mol. The quantitative estimate of drug-likeness (QED) is 0.451. The molecule has 1 rings (SSSR count). The van der Waals surface area contributed by atoms with Crippen LogP contribution in [-0.4, -0.2) is 13.1 Å². The van der Waals surface area contributed by atoms with Crippen molar-refractivity contribution in [3.63, 3.8) is 0 Å². The Hall–Kier alpha value is 0.371. The summed E-state index contributed by atoms with van der Waals surface area (Å²) in [5.41, 5.74) is 0. The van der Waals surface area contributed by atoms with E-state index in [1.165, 1.54) is 0 Å². The summed E-state index contributed by atoms with van der Waals surface area (Å²) >= 11 is 0. The van der Waals surface area contributed by atoms with E-state index >= 15 is 0 Å². The van der Waals surface area contributed by atoms with Crippen LogP contribution in [0, 0.1) is 6.08 Å². The van der Waals surface area contributed by atoms with E-state index in [0.717, 1.165) is 6.42 Å². The number of hydrogen-bond acceptors (Lipinski definition) is 1. The maximum atomic E-state index is 11.2. The summed E-state index contributed by atoms with van der Waals surface area (Å²) in [4.78, 5) is 11.2. The third-order valence-corrected chi connectivity index (χ3v) is 10.4. The van der Waals surface area contributed by atoms with Gasteiger partial charge in [-0.05, 0) is 15.1 Å². The molecular formula is C17H33OSiTi-. The summed E-state index contributed by atoms with van der Waals surface area (Å²) in [6.45, 7) is 19.6. The molecule has 3 heteroatoms. The molecule has 0 aromatic rings. The Morgan fingerprint density at radius 3 is 1.25 bits per heavy atom. The second-order valence-corrected chi connectivity index (χ2v) is 14.4. The van der Waals surface area contributed by atoms with Gasteiger partial charge in [-0.15, -0.1) is 6.42 Å². The molecule has 0 saturated carbocycles.